The third-order valence-electron chi connectivity index (χ3n) is 3.57. The predicted octanol–water partition coefficient (Wildman–Crippen LogP) is 2.31. The SMILES string of the molecule is CC1CCC(CNCc2cccc(C(=O)O)n2)C1. The van der Waals surface area contributed by atoms with Gasteiger partial charge in [0, 0.05) is 6.54 Å². The zero-order valence-electron chi connectivity index (χ0n) is 10.7. The molecule has 0 aliphatic heterocycles. The van der Waals surface area contributed by atoms with Crippen molar-refractivity contribution in [3.63, 3.8) is 0 Å². The first-order valence-electron chi connectivity index (χ1n) is 6.55. The summed E-state index contributed by atoms with van der Waals surface area (Å²) in [5.41, 5.74) is 0.907. The van der Waals surface area contributed by atoms with Gasteiger partial charge in [0.1, 0.15) is 5.69 Å². The van der Waals surface area contributed by atoms with E-state index in [9.17, 15) is 4.79 Å². The molecule has 98 valence electrons. The molecule has 1 aliphatic rings. The van der Waals surface area contributed by atoms with Crippen molar-refractivity contribution in [2.24, 2.45) is 11.8 Å². The fourth-order valence-electron chi connectivity index (χ4n) is 2.61. The van der Waals surface area contributed by atoms with Gasteiger partial charge in [0.15, 0.2) is 0 Å². The number of hydrogen-bond acceptors (Lipinski definition) is 3. The summed E-state index contributed by atoms with van der Waals surface area (Å²) in [4.78, 5) is 14.9. The van der Waals surface area contributed by atoms with Crippen LogP contribution in [0.3, 0.4) is 0 Å². The van der Waals surface area contributed by atoms with Crippen molar-refractivity contribution in [1.82, 2.24) is 10.3 Å². The highest BCUT2D eigenvalue weighted by atomic mass is 16.4. The van der Waals surface area contributed by atoms with Gasteiger partial charge in [-0.15, -0.1) is 0 Å². The number of rotatable bonds is 5. The van der Waals surface area contributed by atoms with E-state index >= 15 is 0 Å². The lowest BCUT2D eigenvalue weighted by atomic mass is 10.1. The molecule has 0 saturated heterocycles. The van der Waals surface area contributed by atoms with Crippen LogP contribution in [0.1, 0.15) is 42.4 Å². The smallest absolute Gasteiger partial charge is 0.354 e. The molecule has 4 nitrogen and oxygen atoms in total. The number of carboxylic acid groups (broad SMARTS) is 1. The quantitative estimate of drug-likeness (QED) is 0.839. The van der Waals surface area contributed by atoms with Gasteiger partial charge < -0.3 is 10.4 Å². The van der Waals surface area contributed by atoms with Crippen molar-refractivity contribution in [2.75, 3.05) is 6.54 Å². The van der Waals surface area contributed by atoms with Crippen molar-refractivity contribution in [3.8, 4) is 0 Å². The number of nitrogens with zero attached hydrogens (tertiary/aromatic N) is 1. The molecule has 1 heterocycles. The van der Waals surface area contributed by atoms with Crippen LogP contribution in [0.25, 0.3) is 0 Å². The Morgan fingerprint density at radius 3 is 3.00 bits per heavy atom. The number of aromatic nitrogens is 1. The van der Waals surface area contributed by atoms with Crippen molar-refractivity contribution in [2.45, 2.75) is 32.7 Å². The van der Waals surface area contributed by atoms with Crippen LogP contribution >= 0.6 is 0 Å². The Morgan fingerprint density at radius 2 is 2.33 bits per heavy atom. The van der Waals surface area contributed by atoms with Gasteiger partial charge in [-0.05, 0) is 43.4 Å². The molecular formula is C14H20N2O2. The van der Waals surface area contributed by atoms with E-state index in [1.807, 2.05) is 6.07 Å². The Morgan fingerprint density at radius 1 is 1.50 bits per heavy atom. The summed E-state index contributed by atoms with van der Waals surface area (Å²) in [5.74, 6) is 0.648. The van der Waals surface area contributed by atoms with Crippen LogP contribution in [0.15, 0.2) is 18.2 Å². The average Bonchev–Trinajstić information content (AvgIpc) is 2.75. The van der Waals surface area contributed by atoms with E-state index in [2.05, 4.69) is 17.2 Å². The summed E-state index contributed by atoms with van der Waals surface area (Å²) in [6.45, 7) is 3.95. The molecule has 2 unspecified atom stereocenters. The summed E-state index contributed by atoms with van der Waals surface area (Å²) < 4.78 is 0. The number of nitrogens with one attached hydrogen (secondary N) is 1. The highest BCUT2D eigenvalue weighted by molar-refractivity contribution is 5.85. The molecule has 1 saturated carbocycles. The number of hydrogen-bond donors (Lipinski definition) is 2. The lowest BCUT2D eigenvalue weighted by Crippen LogP contribution is -2.21. The first-order valence-corrected chi connectivity index (χ1v) is 6.55. The topological polar surface area (TPSA) is 62.2 Å². The van der Waals surface area contributed by atoms with Gasteiger partial charge >= 0.3 is 5.97 Å². The van der Waals surface area contributed by atoms with E-state index in [4.69, 9.17) is 5.11 Å². The highest BCUT2D eigenvalue weighted by Gasteiger charge is 2.20. The lowest BCUT2D eigenvalue weighted by Gasteiger charge is -2.10. The van der Waals surface area contributed by atoms with Gasteiger partial charge in [0.05, 0.1) is 5.69 Å². The number of pyridine rings is 1. The van der Waals surface area contributed by atoms with Crippen molar-refractivity contribution >= 4 is 5.97 Å². The average molecular weight is 248 g/mol. The summed E-state index contributed by atoms with van der Waals surface area (Å²) in [5, 5.41) is 12.2. The minimum Gasteiger partial charge on any atom is -0.477 e. The van der Waals surface area contributed by atoms with E-state index in [0.717, 1.165) is 24.1 Å². The van der Waals surface area contributed by atoms with E-state index in [-0.39, 0.29) is 5.69 Å². The highest BCUT2D eigenvalue weighted by Crippen LogP contribution is 2.29. The number of aromatic carboxylic acids is 1. The van der Waals surface area contributed by atoms with E-state index in [1.54, 1.807) is 6.07 Å². The van der Waals surface area contributed by atoms with Gasteiger partial charge in [-0.25, -0.2) is 9.78 Å². The Hall–Kier alpha value is -1.42. The van der Waals surface area contributed by atoms with E-state index in [0.29, 0.717) is 6.54 Å². The van der Waals surface area contributed by atoms with Crippen LogP contribution in [0.2, 0.25) is 0 Å². The molecule has 0 radical (unpaired) electrons. The van der Waals surface area contributed by atoms with Crippen molar-refractivity contribution in [3.05, 3.63) is 29.6 Å². The normalized spacial score (nSPS) is 23.2. The maximum atomic E-state index is 10.8. The molecule has 1 fully saturated rings. The second-order valence-electron chi connectivity index (χ2n) is 5.23. The van der Waals surface area contributed by atoms with Gasteiger partial charge in [-0.1, -0.05) is 19.4 Å². The first-order chi connectivity index (χ1) is 8.65. The number of carbonyl (C=O) groups is 1. The minimum atomic E-state index is -0.971. The lowest BCUT2D eigenvalue weighted by molar-refractivity contribution is 0.0690. The Balaban J connectivity index is 1.79. The summed E-state index contributed by atoms with van der Waals surface area (Å²) in [7, 11) is 0. The van der Waals surface area contributed by atoms with Crippen molar-refractivity contribution in [1.29, 1.82) is 0 Å². The molecule has 0 amide bonds. The molecule has 1 aromatic rings. The summed E-state index contributed by atoms with van der Waals surface area (Å²) in [6.07, 6.45) is 3.94. The molecule has 2 rings (SSSR count). The maximum Gasteiger partial charge on any atom is 0.354 e. The zero-order valence-corrected chi connectivity index (χ0v) is 10.7. The molecule has 0 aromatic carbocycles. The third-order valence-corrected chi connectivity index (χ3v) is 3.57. The Labute approximate surface area is 107 Å². The second kappa shape index (κ2) is 5.96. The van der Waals surface area contributed by atoms with Gasteiger partial charge in [-0.3, -0.25) is 0 Å². The predicted molar refractivity (Wildman–Crippen MR) is 69.4 cm³/mol. The van der Waals surface area contributed by atoms with Crippen LogP contribution in [-0.4, -0.2) is 22.6 Å². The molecule has 2 N–H and O–H groups in total. The molecule has 18 heavy (non-hydrogen) atoms. The van der Waals surface area contributed by atoms with Gasteiger partial charge in [-0.2, -0.15) is 0 Å². The van der Waals surface area contributed by atoms with Crippen LogP contribution < -0.4 is 5.32 Å². The fourth-order valence-corrected chi connectivity index (χ4v) is 2.61. The molecule has 1 aromatic heterocycles. The molecule has 2 atom stereocenters. The number of carboxylic acids is 1. The maximum absolute atomic E-state index is 10.8. The van der Waals surface area contributed by atoms with Crippen molar-refractivity contribution < 1.29 is 9.90 Å². The fraction of sp³-hybridized carbons (Fsp3) is 0.571. The van der Waals surface area contributed by atoms with Crippen LogP contribution in [-0.2, 0) is 6.54 Å². The second-order valence-corrected chi connectivity index (χ2v) is 5.23. The Kier molecular flexibility index (Phi) is 4.31. The third kappa shape index (κ3) is 3.53. The standard InChI is InChI=1S/C14H20N2O2/c1-10-5-6-11(7-10)8-15-9-12-3-2-4-13(16-12)14(17)18/h2-4,10-11,15H,5-9H2,1H3,(H,17,18). The molecule has 0 bridgehead atoms. The Bertz CT molecular complexity index is 420. The molecule has 1 aliphatic carbocycles. The van der Waals surface area contributed by atoms with Crippen LogP contribution in [0.4, 0.5) is 0 Å². The molecule has 4 heteroatoms. The van der Waals surface area contributed by atoms with Crippen LogP contribution in [0, 0.1) is 11.8 Å². The zero-order chi connectivity index (χ0) is 13.0. The van der Waals surface area contributed by atoms with E-state index in [1.165, 1.54) is 25.3 Å². The summed E-state index contributed by atoms with van der Waals surface area (Å²) in [6, 6.07) is 5.12. The monoisotopic (exact) mass is 248 g/mol. The molecule has 0 spiro atoms. The van der Waals surface area contributed by atoms with Gasteiger partial charge in [0.2, 0.25) is 0 Å². The van der Waals surface area contributed by atoms with Crippen LogP contribution in [0.5, 0.6) is 0 Å². The first kappa shape index (κ1) is 13.0. The largest absolute Gasteiger partial charge is 0.477 e. The minimum absolute atomic E-state index is 0.115. The molecular weight excluding hydrogens is 228 g/mol. The van der Waals surface area contributed by atoms with Gasteiger partial charge in [0.25, 0.3) is 0 Å². The summed E-state index contributed by atoms with van der Waals surface area (Å²) >= 11 is 0. The van der Waals surface area contributed by atoms with E-state index < -0.39 is 5.97 Å².